The lowest BCUT2D eigenvalue weighted by Crippen LogP contribution is -2.49. The number of nitrogens with zero attached hydrogens (tertiary/aromatic N) is 3. The van der Waals surface area contributed by atoms with Gasteiger partial charge >= 0.3 is 0 Å². The number of carbonyl (C=O) groups is 2. The predicted molar refractivity (Wildman–Crippen MR) is 115 cm³/mol. The summed E-state index contributed by atoms with van der Waals surface area (Å²) in [5, 5.41) is 8.30. The van der Waals surface area contributed by atoms with E-state index < -0.39 is 23.3 Å². The Hall–Kier alpha value is -3.13. The van der Waals surface area contributed by atoms with Crippen molar-refractivity contribution in [1.29, 1.82) is 0 Å². The largest absolute Gasteiger partial charge is 0.349 e. The number of amides is 2. The molecule has 156 valence electrons. The van der Waals surface area contributed by atoms with Gasteiger partial charge in [-0.05, 0) is 63.0 Å². The minimum Gasteiger partial charge on any atom is -0.349 e. The molecule has 0 aliphatic heterocycles. The van der Waals surface area contributed by atoms with Gasteiger partial charge in [0.2, 0.25) is 5.91 Å². The highest BCUT2D eigenvalue weighted by Crippen LogP contribution is 2.31. The van der Waals surface area contributed by atoms with Crippen LogP contribution >= 0.6 is 11.5 Å². The molecule has 0 fully saturated rings. The molecule has 1 aromatic heterocycles. The van der Waals surface area contributed by atoms with Crippen molar-refractivity contribution >= 4 is 29.0 Å². The molecule has 0 bridgehead atoms. The highest BCUT2D eigenvalue weighted by Gasteiger charge is 2.35. The fraction of sp³-hybridized carbons (Fsp3) is 0.273. The fourth-order valence-electron chi connectivity index (χ4n) is 3.00. The summed E-state index contributed by atoms with van der Waals surface area (Å²) in [6.07, 6.45) is 0. The second kappa shape index (κ2) is 8.71. The van der Waals surface area contributed by atoms with E-state index in [4.69, 9.17) is 0 Å². The summed E-state index contributed by atoms with van der Waals surface area (Å²) in [6, 6.07) is 11.9. The number of hydrogen-bond donors (Lipinski definition) is 1. The van der Waals surface area contributed by atoms with E-state index in [-0.39, 0.29) is 17.3 Å². The first kappa shape index (κ1) is 21.6. The monoisotopic (exact) mass is 426 g/mol. The maximum Gasteiger partial charge on any atom is 0.280 e. The first-order valence-corrected chi connectivity index (χ1v) is 10.2. The van der Waals surface area contributed by atoms with Crippen molar-refractivity contribution in [2.45, 2.75) is 39.3 Å². The van der Waals surface area contributed by atoms with E-state index in [9.17, 15) is 14.0 Å². The Labute approximate surface area is 178 Å². The molecule has 0 spiro atoms. The van der Waals surface area contributed by atoms with Crippen LogP contribution in [0, 0.1) is 12.7 Å². The number of hydrogen-bond acceptors (Lipinski definition) is 5. The van der Waals surface area contributed by atoms with Crippen LogP contribution in [0.5, 0.6) is 0 Å². The zero-order chi connectivity index (χ0) is 21.9. The SMILES string of the molecule is Cc1ccc(C(C(=O)NC(C)(C)C)N(C(=O)c2csnn2)c2cccc(F)c2)cc1. The summed E-state index contributed by atoms with van der Waals surface area (Å²) in [6.45, 7) is 7.51. The zero-order valence-corrected chi connectivity index (χ0v) is 18.0. The number of carbonyl (C=O) groups excluding carboxylic acids is 2. The maximum atomic E-state index is 14.1. The minimum absolute atomic E-state index is 0.0879. The van der Waals surface area contributed by atoms with E-state index in [0.717, 1.165) is 17.1 Å². The van der Waals surface area contributed by atoms with Gasteiger partial charge in [0.15, 0.2) is 5.69 Å². The lowest BCUT2D eigenvalue weighted by atomic mass is 9.99. The molecular weight excluding hydrogens is 403 g/mol. The molecule has 1 N–H and O–H groups in total. The molecule has 8 heteroatoms. The highest BCUT2D eigenvalue weighted by atomic mass is 32.1. The highest BCUT2D eigenvalue weighted by molar-refractivity contribution is 7.03. The number of rotatable bonds is 5. The van der Waals surface area contributed by atoms with Gasteiger partial charge < -0.3 is 5.32 Å². The first-order chi connectivity index (χ1) is 14.2. The molecule has 30 heavy (non-hydrogen) atoms. The topological polar surface area (TPSA) is 75.2 Å². The Bertz CT molecular complexity index is 1030. The average Bonchev–Trinajstić information content (AvgIpc) is 3.20. The Morgan fingerprint density at radius 2 is 1.83 bits per heavy atom. The molecule has 2 aromatic carbocycles. The number of nitrogens with one attached hydrogen (secondary N) is 1. The normalized spacial score (nSPS) is 12.3. The third-order valence-corrected chi connectivity index (χ3v) is 4.79. The second-order valence-corrected chi connectivity index (χ2v) is 8.61. The summed E-state index contributed by atoms with van der Waals surface area (Å²) in [5.41, 5.74) is 1.43. The van der Waals surface area contributed by atoms with Crippen LogP contribution in [0.3, 0.4) is 0 Å². The maximum absolute atomic E-state index is 14.1. The van der Waals surface area contributed by atoms with Gasteiger partial charge in [-0.25, -0.2) is 4.39 Å². The van der Waals surface area contributed by atoms with Crippen LogP contribution in [-0.4, -0.2) is 26.9 Å². The van der Waals surface area contributed by atoms with Crippen LogP contribution in [0.2, 0.25) is 0 Å². The van der Waals surface area contributed by atoms with Crippen molar-refractivity contribution in [3.05, 3.63) is 76.5 Å². The van der Waals surface area contributed by atoms with E-state index in [1.54, 1.807) is 18.2 Å². The van der Waals surface area contributed by atoms with E-state index in [1.165, 1.54) is 28.5 Å². The second-order valence-electron chi connectivity index (χ2n) is 8.00. The number of anilines is 1. The molecule has 0 radical (unpaired) electrons. The van der Waals surface area contributed by atoms with E-state index in [0.29, 0.717) is 5.56 Å². The summed E-state index contributed by atoms with van der Waals surface area (Å²) in [4.78, 5) is 28.1. The van der Waals surface area contributed by atoms with Gasteiger partial charge in [-0.1, -0.05) is 40.4 Å². The predicted octanol–water partition coefficient (Wildman–Crippen LogP) is 4.29. The van der Waals surface area contributed by atoms with Gasteiger partial charge in [-0.2, -0.15) is 0 Å². The lowest BCUT2D eigenvalue weighted by molar-refractivity contribution is -0.123. The van der Waals surface area contributed by atoms with Crippen molar-refractivity contribution in [1.82, 2.24) is 14.9 Å². The lowest BCUT2D eigenvalue weighted by Gasteiger charge is -2.33. The Balaban J connectivity index is 2.18. The van der Waals surface area contributed by atoms with E-state index in [1.807, 2.05) is 39.8 Å². The van der Waals surface area contributed by atoms with Crippen LogP contribution in [0.4, 0.5) is 10.1 Å². The van der Waals surface area contributed by atoms with Crippen molar-refractivity contribution < 1.29 is 14.0 Å². The third kappa shape index (κ3) is 5.07. The fourth-order valence-corrected chi connectivity index (χ4v) is 3.43. The Kier molecular flexibility index (Phi) is 6.26. The number of halogens is 1. The van der Waals surface area contributed by atoms with E-state index in [2.05, 4.69) is 14.9 Å². The van der Waals surface area contributed by atoms with Gasteiger partial charge in [0.1, 0.15) is 11.9 Å². The molecule has 1 atom stereocenters. The summed E-state index contributed by atoms with van der Waals surface area (Å²) >= 11 is 1.03. The Morgan fingerprint density at radius 1 is 1.13 bits per heavy atom. The third-order valence-electron chi connectivity index (χ3n) is 4.28. The standard InChI is InChI=1S/C22H23FN4O2S/c1-14-8-10-15(11-9-14)19(20(28)24-22(2,3)4)27(17-7-5-6-16(23)12-17)21(29)18-13-30-26-25-18/h5-13,19H,1-4H3,(H,24,28). The molecular formula is C22H23FN4O2S. The van der Waals surface area contributed by atoms with Crippen molar-refractivity contribution in [2.24, 2.45) is 0 Å². The Morgan fingerprint density at radius 3 is 2.40 bits per heavy atom. The molecule has 0 aliphatic rings. The van der Waals surface area contributed by atoms with Crippen LogP contribution in [0.15, 0.2) is 53.9 Å². The first-order valence-electron chi connectivity index (χ1n) is 9.40. The van der Waals surface area contributed by atoms with Gasteiger partial charge in [0, 0.05) is 16.6 Å². The molecule has 3 rings (SSSR count). The van der Waals surface area contributed by atoms with Gasteiger partial charge in [0.25, 0.3) is 5.91 Å². The summed E-state index contributed by atoms with van der Waals surface area (Å²) in [7, 11) is 0. The minimum atomic E-state index is -1.03. The number of benzene rings is 2. The molecule has 6 nitrogen and oxygen atoms in total. The average molecular weight is 427 g/mol. The molecule has 1 unspecified atom stereocenters. The zero-order valence-electron chi connectivity index (χ0n) is 17.2. The van der Waals surface area contributed by atoms with Crippen LogP contribution in [0.25, 0.3) is 0 Å². The quantitative estimate of drug-likeness (QED) is 0.660. The van der Waals surface area contributed by atoms with Crippen LogP contribution in [-0.2, 0) is 4.79 Å². The van der Waals surface area contributed by atoms with E-state index >= 15 is 0 Å². The number of aromatic nitrogens is 2. The van der Waals surface area contributed by atoms with Crippen molar-refractivity contribution in [3.8, 4) is 0 Å². The number of aryl methyl sites for hydroxylation is 1. The molecule has 0 aliphatic carbocycles. The molecule has 3 aromatic rings. The van der Waals surface area contributed by atoms with Gasteiger partial charge in [-0.15, -0.1) is 5.10 Å². The molecule has 0 saturated carbocycles. The van der Waals surface area contributed by atoms with Crippen LogP contribution in [0.1, 0.15) is 48.4 Å². The smallest absolute Gasteiger partial charge is 0.280 e. The molecule has 1 heterocycles. The summed E-state index contributed by atoms with van der Waals surface area (Å²) < 4.78 is 17.8. The van der Waals surface area contributed by atoms with Crippen molar-refractivity contribution in [2.75, 3.05) is 4.90 Å². The van der Waals surface area contributed by atoms with Gasteiger partial charge in [0.05, 0.1) is 0 Å². The molecule has 2 amide bonds. The van der Waals surface area contributed by atoms with Gasteiger partial charge in [-0.3, -0.25) is 14.5 Å². The summed E-state index contributed by atoms with van der Waals surface area (Å²) in [5.74, 6) is -1.43. The molecule has 0 saturated heterocycles. The van der Waals surface area contributed by atoms with Crippen molar-refractivity contribution in [3.63, 3.8) is 0 Å². The van der Waals surface area contributed by atoms with Crippen LogP contribution < -0.4 is 10.2 Å².